The van der Waals surface area contributed by atoms with Crippen molar-refractivity contribution in [2.24, 2.45) is 17.1 Å². The van der Waals surface area contributed by atoms with Crippen molar-refractivity contribution in [3.05, 3.63) is 0 Å². The van der Waals surface area contributed by atoms with Crippen molar-refractivity contribution in [3.63, 3.8) is 0 Å². The first-order valence-electron chi connectivity index (χ1n) is 6.40. The van der Waals surface area contributed by atoms with Gasteiger partial charge in [0, 0.05) is 26.2 Å². The molecule has 96 valence electrons. The summed E-state index contributed by atoms with van der Waals surface area (Å²) in [7, 11) is 3.91. The fourth-order valence-corrected chi connectivity index (χ4v) is 2.75. The van der Waals surface area contributed by atoms with Crippen LogP contribution in [0.5, 0.6) is 0 Å². The summed E-state index contributed by atoms with van der Waals surface area (Å²) in [4.78, 5) is 2.34. The molecule has 0 aromatic carbocycles. The van der Waals surface area contributed by atoms with E-state index in [9.17, 15) is 0 Å². The molecule has 0 bridgehead atoms. The Morgan fingerprint density at radius 3 is 2.75 bits per heavy atom. The standard InChI is InChI=1S/C13H28N2O/c1-13(2)7-5-6-11(12(13)14)10-15(3)8-9-16-4/h11-12H,5-10,14H2,1-4H3. The minimum absolute atomic E-state index is 0.311. The Morgan fingerprint density at radius 1 is 1.44 bits per heavy atom. The highest BCUT2D eigenvalue weighted by atomic mass is 16.5. The van der Waals surface area contributed by atoms with Gasteiger partial charge in [-0.3, -0.25) is 0 Å². The molecule has 0 amide bonds. The number of hydrogen-bond donors (Lipinski definition) is 1. The van der Waals surface area contributed by atoms with Crippen LogP contribution >= 0.6 is 0 Å². The van der Waals surface area contributed by atoms with E-state index in [-0.39, 0.29) is 0 Å². The summed E-state index contributed by atoms with van der Waals surface area (Å²) >= 11 is 0. The van der Waals surface area contributed by atoms with Crippen molar-refractivity contribution >= 4 is 0 Å². The Balaban J connectivity index is 2.41. The van der Waals surface area contributed by atoms with Crippen molar-refractivity contribution in [1.82, 2.24) is 4.90 Å². The monoisotopic (exact) mass is 228 g/mol. The van der Waals surface area contributed by atoms with Gasteiger partial charge in [-0.1, -0.05) is 20.3 Å². The van der Waals surface area contributed by atoms with Crippen LogP contribution in [0.15, 0.2) is 0 Å². The van der Waals surface area contributed by atoms with Crippen molar-refractivity contribution in [2.45, 2.75) is 39.2 Å². The Bertz CT molecular complexity index is 206. The lowest BCUT2D eigenvalue weighted by Crippen LogP contribution is -2.50. The van der Waals surface area contributed by atoms with E-state index < -0.39 is 0 Å². The van der Waals surface area contributed by atoms with E-state index in [1.54, 1.807) is 7.11 Å². The van der Waals surface area contributed by atoms with Crippen LogP contribution < -0.4 is 5.73 Å². The van der Waals surface area contributed by atoms with Crippen molar-refractivity contribution in [3.8, 4) is 0 Å². The summed E-state index contributed by atoms with van der Waals surface area (Å²) < 4.78 is 5.10. The first kappa shape index (κ1) is 13.9. The van der Waals surface area contributed by atoms with E-state index in [2.05, 4.69) is 25.8 Å². The largest absolute Gasteiger partial charge is 0.383 e. The average Bonchev–Trinajstić information content (AvgIpc) is 2.22. The summed E-state index contributed by atoms with van der Waals surface area (Å²) in [6.45, 7) is 7.52. The number of likely N-dealkylation sites (N-methyl/N-ethyl adjacent to an activating group) is 1. The second kappa shape index (κ2) is 5.99. The third kappa shape index (κ3) is 3.72. The number of methoxy groups -OCH3 is 1. The molecular formula is C13H28N2O. The Morgan fingerprint density at radius 2 is 2.12 bits per heavy atom. The zero-order valence-corrected chi connectivity index (χ0v) is 11.3. The molecule has 0 aromatic heterocycles. The summed E-state index contributed by atoms with van der Waals surface area (Å²) in [5, 5.41) is 0. The Labute approximate surface area is 100 Å². The molecular weight excluding hydrogens is 200 g/mol. The number of rotatable bonds is 5. The van der Waals surface area contributed by atoms with Crippen LogP contribution in [0.2, 0.25) is 0 Å². The summed E-state index contributed by atoms with van der Waals surface area (Å²) in [5.74, 6) is 0.644. The fourth-order valence-electron chi connectivity index (χ4n) is 2.75. The second-order valence-corrected chi connectivity index (χ2v) is 5.92. The maximum atomic E-state index is 6.38. The molecule has 16 heavy (non-hydrogen) atoms. The molecule has 0 saturated heterocycles. The lowest BCUT2D eigenvalue weighted by Gasteiger charge is -2.43. The smallest absolute Gasteiger partial charge is 0.0589 e. The van der Waals surface area contributed by atoms with Gasteiger partial charge >= 0.3 is 0 Å². The van der Waals surface area contributed by atoms with E-state index >= 15 is 0 Å². The lowest BCUT2D eigenvalue weighted by atomic mass is 9.68. The van der Waals surface area contributed by atoms with Crippen LogP contribution in [-0.4, -0.2) is 44.8 Å². The van der Waals surface area contributed by atoms with Gasteiger partial charge in [-0.05, 0) is 31.2 Å². The van der Waals surface area contributed by atoms with Gasteiger partial charge < -0.3 is 15.4 Å². The molecule has 2 atom stereocenters. The van der Waals surface area contributed by atoms with E-state index in [0.717, 1.165) is 19.7 Å². The highest BCUT2D eigenvalue weighted by Gasteiger charge is 2.36. The Hall–Kier alpha value is -0.120. The number of nitrogens with zero attached hydrogens (tertiary/aromatic N) is 1. The maximum absolute atomic E-state index is 6.38. The third-order valence-electron chi connectivity index (χ3n) is 4.03. The van der Waals surface area contributed by atoms with E-state index in [1.165, 1.54) is 19.3 Å². The van der Waals surface area contributed by atoms with Gasteiger partial charge in [0.1, 0.15) is 0 Å². The molecule has 2 N–H and O–H groups in total. The highest BCUT2D eigenvalue weighted by Crippen LogP contribution is 2.37. The molecule has 3 nitrogen and oxygen atoms in total. The number of ether oxygens (including phenoxy) is 1. The topological polar surface area (TPSA) is 38.5 Å². The van der Waals surface area contributed by atoms with Crippen LogP contribution in [0.1, 0.15) is 33.1 Å². The number of nitrogens with two attached hydrogens (primary N) is 1. The van der Waals surface area contributed by atoms with Crippen molar-refractivity contribution < 1.29 is 4.74 Å². The van der Waals surface area contributed by atoms with Gasteiger partial charge in [-0.25, -0.2) is 0 Å². The Kier molecular flexibility index (Phi) is 5.22. The summed E-state index contributed by atoms with van der Waals surface area (Å²) in [5.41, 5.74) is 6.69. The zero-order valence-electron chi connectivity index (χ0n) is 11.3. The lowest BCUT2D eigenvalue weighted by molar-refractivity contribution is 0.0966. The quantitative estimate of drug-likeness (QED) is 0.778. The minimum atomic E-state index is 0.311. The van der Waals surface area contributed by atoms with E-state index in [4.69, 9.17) is 10.5 Å². The van der Waals surface area contributed by atoms with Gasteiger partial charge in [0.25, 0.3) is 0 Å². The van der Waals surface area contributed by atoms with Crippen LogP contribution in [0.4, 0.5) is 0 Å². The SMILES string of the molecule is COCCN(C)CC1CCCC(C)(C)C1N. The van der Waals surface area contributed by atoms with Gasteiger partial charge in [-0.15, -0.1) is 0 Å². The van der Waals surface area contributed by atoms with Crippen LogP contribution in [0.3, 0.4) is 0 Å². The van der Waals surface area contributed by atoms with Crippen molar-refractivity contribution in [1.29, 1.82) is 0 Å². The van der Waals surface area contributed by atoms with Gasteiger partial charge in [0.05, 0.1) is 6.61 Å². The average molecular weight is 228 g/mol. The predicted octanol–water partition coefficient (Wildman–Crippen LogP) is 1.72. The summed E-state index contributed by atoms with van der Waals surface area (Å²) in [6, 6.07) is 0.339. The van der Waals surface area contributed by atoms with Crippen LogP contribution in [-0.2, 0) is 4.74 Å². The van der Waals surface area contributed by atoms with Gasteiger partial charge in [0.15, 0.2) is 0 Å². The van der Waals surface area contributed by atoms with Crippen LogP contribution in [0, 0.1) is 11.3 Å². The van der Waals surface area contributed by atoms with Crippen LogP contribution in [0.25, 0.3) is 0 Å². The molecule has 1 aliphatic rings. The maximum Gasteiger partial charge on any atom is 0.0589 e. The van der Waals surface area contributed by atoms with Gasteiger partial charge in [0.2, 0.25) is 0 Å². The molecule has 0 aliphatic heterocycles. The molecule has 1 saturated carbocycles. The summed E-state index contributed by atoms with van der Waals surface area (Å²) in [6.07, 6.45) is 3.87. The number of hydrogen-bond acceptors (Lipinski definition) is 3. The minimum Gasteiger partial charge on any atom is -0.383 e. The molecule has 1 fully saturated rings. The molecule has 1 aliphatic carbocycles. The third-order valence-corrected chi connectivity index (χ3v) is 4.03. The molecule has 1 rings (SSSR count). The first-order chi connectivity index (χ1) is 7.47. The first-order valence-corrected chi connectivity index (χ1v) is 6.40. The fraction of sp³-hybridized carbons (Fsp3) is 1.00. The molecule has 0 spiro atoms. The van der Waals surface area contributed by atoms with Crippen molar-refractivity contribution in [2.75, 3.05) is 33.9 Å². The molecule has 0 radical (unpaired) electrons. The molecule has 3 heteroatoms. The molecule has 0 heterocycles. The van der Waals surface area contributed by atoms with Gasteiger partial charge in [-0.2, -0.15) is 0 Å². The molecule has 0 aromatic rings. The zero-order chi connectivity index (χ0) is 12.2. The van der Waals surface area contributed by atoms with E-state index in [0.29, 0.717) is 17.4 Å². The normalized spacial score (nSPS) is 29.6. The van der Waals surface area contributed by atoms with E-state index in [1.807, 2.05) is 0 Å². The second-order valence-electron chi connectivity index (χ2n) is 5.92. The highest BCUT2D eigenvalue weighted by molar-refractivity contribution is 4.92. The molecule has 2 unspecified atom stereocenters. The predicted molar refractivity (Wildman–Crippen MR) is 68.5 cm³/mol.